The van der Waals surface area contributed by atoms with E-state index in [9.17, 15) is 14.4 Å². The van der Waals surface area contributed by atoms with E-state index in [1.165, 1.54) is 6.26 Å². The number of hydrogen-bond acceptors (Lipinski definition) is 5. The van der Waals surface area contributed by atoms with Crippen molar-refractivity contribution in [3.8, 4) is 0 Å². The number of hydrogen-bond donors (Lipinski definition) is 3. The van der Waals surface area contributed by atoms with E-state index in [2.05, 4.69) is 43.8 Å². The van der Waals surface area contributed by atoms with Gasteiger partial charge in [-0.15, -0.1) is 0 Å². The highest BCUT2D eigenvalue weighted by atomic mass is 127. The first-order valence-corrected chi connectivity index (χ1v) is 9.53. The summed E-state index contributed by atoms with van der Waals surface area (Å²) in [7, 11) is 0. The van der Waals surface area contributed by atoms with Crippen molar-refractivity contribution in [3.05, 3.63) is 81.3 Å². The molecular weight excluding hydrogens is 487 g/mol. The summed E-state index contributed by atoms with van der Waals surface area (Å²) in [6.45, 7) is 0. The van der Waals surface area contributed by atoms with E-state index in [1.807, 2.05) is 12.1 Å². The van der Waals surface area contributed by atoms with Crippen molar-refractivity contribution < 1.29 is 18.8 Å². The summed E-state index contributed by atoms with van der Waals surface area (Å²) >= 11 is 2.14. The fourth-order valence-electron chi connectivity index (χ4n) is 2.71. The van der Waals surface area contributed by atoms with Crippen LogP contribution in [0.1, 0.15) is 26.5 Å². The molecule has 2 aromatic carbocycles. The highest BCUT2D eigenvalue weighted by Gasteiger charge is 2.26. The number of nitrogens with one attached hydrogen (secondary N) is 3. The number of anilines is 2. The summed E-state index contributed by atoms with van der Waals surface area (Å²) in [6.07, 6.45) is 1.41. The third-order valence-corrected chi connectivity index (χ3v) is 4.79. The molecular formula is C20H13IN4O4. The van der Waals surface area contributed by atoms with E-state index in [-0.39, 0.29) is 23.3 Å². The summed E-state index contributed by atoms with van der Waals surface area (Å²) in [5, 5.41) is 9.35. The molecule has 8 nitrogen and oxygen atoms in total. The van der Waals surface area contributed by atoms with Gasteiger partial charge in [0, 0.05) is 20.4 Å². The van der Waals surface area contributed by atoms with Crippen LogP contribution in [0, 0.1) is 3.57 Å². The molecule has 2 heterocycles. The van der Waals surface area contributed by atoms with E-state index >= 15 is 0 Å². The normalized spacial score (nSPS) is 13.7. The minimum absolute atomic E-state index is 0.147. The first-order valence-electron chi connectivity index (χ1n) is 8.45. The molecule has 1 aromatic heterocycles. The molecule has 1 aliphatic heterocycles. The summed E-state index contributed by atoms with van der Waals surface area (Å²) < 4.78 is 5.98. The van der Waals surface area contributed by atoms with Crippen LogP contribution in [-0.2, 0) is 4.79 Å². The van der Waals surface area contributed by atoms with Gasteiger partial charge in [0.15, 0.2) is 11.5 Å². The number of fused-ring (bicyclic) bond motifs is 1. The number of carbonyl (C=O) groups is 3. The predicted octanol–water partition coefficient (Wildman–Crippen LogP) is 3.22. The van der Waals surface area contributed by atoms with Gasteiger partial charge in [0.1, 0.15) is 0 Å². The van der Waals surface area contributed by atoms with Crippen LogP contribution >= 0.6 is 22.6 Å². The van der Waals surface area contributed by atoms with Crippen molar-refractivity contribution in [1.82, 2.24) is 5.43 Å². The second-order valence-corrected chi connectivity index (χ2v) is 7.30. The monoisotopic (exact) mass is 500 g/mol. The van der Waals surface area contributed by atoms with Gasteiger partial charge in [-0.2, -0.15) is 5.10 Å². The summed E-state index contributed by atoms with van der Waals surface area (Å²) in [5.74, 6) is -1.06. The van der Waals surface area contributed by atoms with Gasteiger partial charge in [0.25, 0.3) is 17.7 Å². The molecule has 0 spiro atoms. The molecule has 3 amide bonds. The molecule has 144 valence electrons. The molecule has 29 heavy (non-hydrogen) atoms. The highest BCUT2D eigenvalue weighted by molar-refractivity contribution is 14.1. The maximum absolute atomic E-state index is 12.4. The van der Waals surface area contributed by atoms with Crippen molar-refractivity contribution in [1.29, 1.82) is 0 Å². The molecule has 0 saturated heterocycles. The van der Waals surface area contributed by atoms with Gasteiger partial charge >= 0.3 is 0 Å². The molecule has 0 aliphatic carbocycles. The van der Waals surface area contributed by atoms with Crippen LogP contribution in [0.15, 0.2) is 70.4 Å². The third-order valence-electron chi connectivity index (χ3n) is 4.12. The van der Waals surface area contributed by atoms with Crippen LogP contribution in [0.3, 0.4) is 0 Å². The van der Waals surface area contributed by atoms with Crippen LogP contribution in [0.5, 0.6) is 0 Å². The van der Waals surface area contributed by atoms with E-state index in [1.54, 1.807) is 42.5 Å². The van der Waals surface area contributed by atoms with Crippen molar-refractivity contribution in [2.24, 2.45) is 5.10 Å². The number of carbonyl (C=O) groups excluding carboxylic acids is 3. The van der Waals surface area contributed by atoms with Crippen LogP contribution in [0.2, 0.25) is 0 Å². The minimum Gasteiger partial charge on any atom is -0.459 e. The summed E-state index contributed by atoms with van der Waals surface area (Å²) in [6, 6.07) is 14.9. The average molecular weight is 500 g/mol. The van der Waals surface area contributed by atoms with E-state index < -0.39 is 5.91 Å². The molecule has 9 heteroatoms. The molecule has 0 fully saturated rings. The van der Waals surface area contributed by atoms with Gasteiger partial charge in [0.05, 0.1) is 12.0 Å². The topological polar surface area (TPSA) is 113 Å². The second-order valence-electron chi connectivity index (χ2n) is 6.05. The Labute approximate surface area is 178 Å². The quantitative estimate of drug-likeness (QED) is 0.377. The van der Waals surface area contributed by atoms with Crippen LogP contribution in [0.25, 0.3) is 0 Å². The Balaban J connectivity index is 1.44. The Morgan fingerprint density at radius 2 is 1.83 bits per heavy atom. The lowest BCUT2D eigenvalue weighted by Gasteiger charge is -2.05. The Morgan fingerprint density at radius 1 is 1.03 bits per heavy atom. The Morgan fingerprint density at radius 3 is 2.55 bits per heavy atom. The molecule has 3 N–H and O–H groups in total. The van der Waals surface area contributed by atoms with Gasteiger partial charge in [-0.3, -0.25) is 14.4 Å². The zero-order valence-electron chi connectivity index (χ0n) is 14.7. The smallest absolute Gasteiger partial charge is 0.291 e. The SMILES string of the molecule is O=C1Nc2ccc(I)cc2/C1=N/NC(=O)c1ccc(NC(=O)c2ccco2)cc1. The molecule has 1 aliphatic rings. The van der Waals surface area contributed by atoms with Crippen LogP contribution < -0.4 is 16.1 Å². The molecule has 0 atom stereocenters. The number of amides is 3. The van der Waals surface area contributed by atoms with E-state index in [0.717, 1.165) is 3.57 Å². The maximum atomic E-state index is 12.4. The summed E-state index contributed by atoms with van der Waals surface area (Å²) in [5.41, 5.74) is 4.67. The van der Waals surface area contributed by atoms with Crippen molar-refractivity contribution in [2.45, 2.75) is 0 Å². The van der Waals surface area contributed by atoms with Gasteiger partial charge in [-0.1, -0.05) is 0 Å². The molecule has 4 rings (SSSR count). The summed E-state index contributed by atoms with van der Waals surface area (Å²) in [4.78, 5) is 36.4. The minimum atomic E-state index is -0.478. The molecule has 0 unspecified atom stereocenters. The Kier molecular flexibility index (Phi) is 5.12. The number of furan rings is 1. The number of nitrogens with zero attached hydrogens (tertiary/aromatic N) is 1. The van der Waals surface area contributed by atoms with E-state index in [0.29, 0.717) is 22.5 Å². The van der Waals surface area contributed by atoms with Gasteiger partial charge in [-0.05, 0) is 77.2 Å². The Bertz CT molecular complexity index is 1140. The van der Waals surface area contributed by atoms with Crippen LogP contribution in [0.4, 0.5) is 11.4 Å². The average Bonchev–Trinajstić information content (AvgIpc) is 3.35. The predicted molar refractivity (Wildman–Crippen MR) is 115 cm³/mol. The molecule has 3 aromatic rings. The van der Waals surface area contributed by atoms with Gasteiger partial charge in [-0.25, -0.2) is 5.43 Å². The first-order chi connectivity index (χ1) is 14.0. The number of halogens is 1. The van der Waals surface area contributed by atoms with Crippen molar-refractivity contribution >= 4 is 57.4 Å². The van der Waals surface area contributed by atoms with Gasteiger partial charge < -0.3 is 15.1 Å². The maximum Gasteiger partial charge on any atom is 0.291 e. The Hall–Kier alpha value is -3.47. The van der Waals surface area contributed by atoms with Gasteiger partial charge in [0.2, 0.25) is 0 Å². The fourth-order valence-corrected chi connectivity index (χ4v) is 3.20. The zero-order valence-corrected chi connectivity index (χ0v) is 16.9. The number of benzene rings is 2. The molecule has 0 bridgehead atoms. The number of hydrazone groups is 1. The second kappa shape index (κ2) is 7.87. The lowest BCUT2D eigenvalue weighted by Crippen LogP contribution is -2.23. The van der Waals surface area contributed by atoms with Crippen molar-refractivity contribution in [2.75, 3.05) is 10.6 Å². The fraction of sp³-hybridized carbons (Fsp3) is 0. The van der Waals surface area contributed by atoms with Crippen LogP contribution in [-0.4, -0.2) is 23.4 Å². The number of rotatable bonds is 4. The zero-order chi connectivity index (χ0) is 20.4. The standard InChI is InChI=1S/C20H13IN4O4/c21-12-5-8-15-14(10-12)17(20(28)23-15)24-25-18(26)11-3-6-13(7-4-11)22-19(27)16-2-1-9-29-16/h1-10H,(H,22,27)(H,25,26)(H,23,24,28). The third kappa shape index (κ3) is 4.04. The van der Waals surface area contributed by atoms with E-state index in [4.69, 9.17) is 4.42 Å². The molecule has 0 radical (unpaired) electrons. The highest BCUT2D eigenvalue weighted by Crippen LogP contribution is 2.25. The van der Waals surface area contributed by atoms with Crippen molar-refractivity contribution in [3.63, 3.8) is 0 Å². The largest absolute Gasteiger partial charge is 0.459 e. The lowest BCUT2D eigenvalue weighted by atomic mass is 10.1. The first kappa shape index (κ1) is 18.9. The lowest BCUT2D eigenvalue weighted by molar-refractivity contribution is -0.110. The molecule has 0 saturated carbocycles.